The molecule has 9 heteroatoms. The zero-order chi connectivity index (χ0) is 26.5. The number of carbonyl (C=O) groups excluding carboxylic acids is 2. The molecule has 8 nitrogen and oxygen atoms in total. The predicted molar refractivity (Wildman–Crippen MR) is 134 cm³/mol. The quantitative estimate of drug-likeness (QED) is 0.394. The van der Waals surface area contributed by atoms with Crippen LogP contribution in [0.3, 0.4) is 0 Å². The Bertz CT molecular complexity index is 1360. The van der Waals surface area contributed by atoms with E-state index in [4.69, 9.17) is 18.9 Å². The van der Waals surface area contributed by atoms with Crippen LogP contribution in [0.25, 0.3) is 0 Å². The summed E-state index contributed by atoms with van der Waals surface area (Å²) in [6, 6.07) is 17.5. The predicted octanol–water partition coefficient (Wildman–Crippen LogP) is 4.54. The van der Waals surface area contributed by atoms with Crippen LogP contribution < -0.4 is 10.1 Å². The van der Waals surface area contributed by atoms with Crippen molar-refractivity contribution in [2.75, 3.05) is 6.61 Å². The number of aromatic nitrogens is 1. The maximum Gasteiger partial charge on any atom is 0.325 e. The van der Waals surface area contributed by atoms with Crippen LogP contribution in [0.5, 0.6) is 5.88 Å². The van der Waals surface area contributed by atoms with Crippen LogP contribution >= 0.6 is 0 Å². The average molecular weight is 519 g/mol. The van der Waals surface area contributed by atoms with Gasteiger partial charge < -0.3 is 24.3 Å². The van der Waals surface area contributed by atoms with Crippen LogP contribution in [0.1, 0.15) is 46.8 Å². The molecule has 3 aromatic rings. The van der Waals surface area contributed by atoms with Gasteiger partial charge >= 0.3 is 11.9 Å². The summed E-state index contributed by atoms with van der Waals surface area (Å²) in [7, 11) is 0. The fourth-order valence-corrected chi connectivity index (χ4v) is 4.27. The molecule has 196 valence electrons. The molecule has 38 heavy (non-hydrogen) atoms. The van der Waals surface area contributed by atoms with Crippen molar-refractivity contribution in [3.63, 3.8) is 0 Å². The number of rotatable bonds is 10. The zero-order valence-corrected chi connectivity index (χ0v) is 20.8. The minimum absolute atomic E-state index is 0.0288. The van der Waals surface area contributed by atoms with Crippen molar-refractivity contribution < 1.29 is 32.9 Å². The summed E-state index contributed by atoms with van der Waals surface area (Å²) in [6.45, 7) is 1.96. The Morgan fingerprint density at radius 3 is 2.68 bits per heavy atom. The molecule has 1 N–H and O–H groups in total. The van der Waals surface area contributed by atoms with Crippen LogP contribution in [-0.4, -0.2) is 29.8 Å². The van der Waals surface area contributed by atoms with E-state index in [1.807, 2.05) is 30.3 Å². The number of benzene rings is 2. The lowest BCUT2D eigenvalue weighted by Crippen LogP contribution is -2.25. The Kier molecular flexibility index (Phi) is 7.26. The SMILES string of the molecule is CCOC(=O)C1(c2ccc(CNC(=O)c3cccnc3OC3=COC(Cc4ccccc4)O3)c(F)c2)CC1. The smallest absolute Gasteiger partial charge is 0.325 e. The average Bonchev–Trinajstić information content (AvgIpc) is 3.63. The standard InChI is InChI=1S/C29H27FN2O6/c1-2-35-28(34)29(12-13-29)21-11-10-20(23(30)16-21)17-32-26(33)22-9-6-14-31-27(22)38-25-18-36-24(37-25)15-19-7-4-3-5-8-19/h3-11,14,16,18,24H,2,12-13,15,17H2,1H3,(H,32,33). The number of nitrogens with zero attached hydrogens (tertiary/aromatic N) is 1. The molecule has 1 fully saturated rings. The van der Waals surface area contributed by atoms with Gasteiger partial charge in [-0.3, -0.25) is 9.59 Å². The lowest BCUT2D eigenvalue weighted by atomic mass is 9.94. The summed E-state index contributed by atoms with van der Waals surface area (Å²) in [5.41, 5.74) is 1.30. The van der Waals surface area contributed by atoms with Gasteiger partial charge in [0.25, 0.3) is 5.91 Å². The van der Waals surface area contributed by atoms with E-state index in [1.54, 1.807) is 31.2 Å². The molecule has 1 aliphatic carbocycles. The largest absolute Gasteiger partial charge is 0.465 e. The van der Waals surface area contributed by atoms with E-state index < -0.39 is 23.4 Å². The van der Waals surface area contributed by atoms with Crippen molar-refractivity contribution in [3.05, 3.63) is 107 Å². The van der Waals surface area contributed by atoms with Crippen molar-refractivity contribution in [2.45, 2.75) is 44.4 Å². The van der Waals surface area contributed by atoms with E-state index in [1.165, 1.54) is 18.5 Å². The van der Waals surface area contributed by atoms with Crippen molar-refractivity contribution in [1.29, 1.82) is 0 Å². The molecule has 1 unspecified atom stereocenters. The van der Waals surface area contributed by atoms with Gasteiger partial charge in [-0.15, -0.1) is 0 Å². The molecule has 1 saturated carbocycles. The molecule has 0 bridgehead atoms. The van der Waals surface area contributed by atoms with Crippen molar-refractivity contribution in [3.8, 4) is 5.88 Å². The molecule has 1 atom stereocenters. The van der Waals surface area contributed by atoms with E-state index in [0.717, 1.165) is 5.56 Å². The highest BCUT2D eigenvalue weighted by Gasteiger charge is 2.52. The highest BCUT2D eigenvalue weighted by molar-refractivity contribution is 5.96. The van der Waals surface area contributed by atoms with E-state index in [9.17, 15) is 14.0 Å². The Hall–Kier alpha value is -4.40. The number of nitrogens with one attached hydrogen (secondary N) is 1. The number of amides is 1. The lowest BCUT2D eigenvalue weighted by Gasteiger charge is -2.15. The fraction of sp³-hybridized carbons (Fsp3) is 0.276. The zero-order valence-electron chi connectivity index (χ0n) is 20.8. The second kappa shape index (κ2) is 10.9. The first-order valence-electron chi connectivity index (χ1n) is 12.4. The summed E-state index contributed by atoms with van der Waals surface area (Å²) in [5.74, 6) is -1.23. The molecule has 0 saturated heterocycles. The van der Waals surface area contributed by atoms with Gasteiger partial charge in [0.15, 0.2) is 6.26 Å². The first kappa shape index (κ1) is 25.3. The van der Waals surface area contributed by atoms with Crippen molar-refractivity contribution >= 4 is 11.9 Å². The highest BCUT2D eigenvalue weighted by Crippen LogP contribution is 2.49. The Morgan fingerprint density at radius 2 is 1.95 bits per heavy atom. The molecule has 5 rings (SSSR count). The van der Waals surface area contributed by atoms with Gasteiger partial charge in [-0.05, 0) is 49.1 Å². The first-order valence-corrected chi connectivity index (χ1v) is 12.4. The third kappa shape index (κ3) is 5.46. The van der Waals surface area contributed by atoms with Crippen LogP contribution in [0.4, 0.5) is 4.39 Å². The van der Waals surface area contributed by atoms with E-state index >= 15 is 0 Å². The molecule has 1 aromatic heterocycles. The van der Waals surface area contributed by atoms with Gasteiger partial charge in [-0.2, -0.15) is 0 Å². The summed E-state index contributed by atoms with van der Waals surface area (Å²) < 4.78 is 36.9. The number of carbonyl (C=O) groups is 2. The lowest BCUT2D eigenvalue weighted by molar-refractivity contribution is -0.146. The van der Waals surface area contributed by atoms with Gasteiger partial charge in [-0.1, -0.05) is 42.5 Å². The molecule has 0 spiro atoms. The number of hydrogen-bond donors (Lipinski definition) is 1. The van der Waals surface area contributed by atoms with Crippen LogP contribution in [0, 0.1) is 5.82 Å². The highest BCUT2D eigenvalue weighted by atomic mass is 19.1. The molecule has 2 aromatic carbocycles. The number of halogens is 1. The molecule has 1 aliphatic heterocycles. The second-order valence-corrected chi connectivity index (χ2v) is 9.06. The maximum absolute atomic E-state index is 14.9. The minimum Gasteiger partial charge on any atom is -0.465 e. The number of hydrogen-bond acceptors (Lipinski definition) is 7. The number of esters is 1. The molecular weight excluding hydrogens is 491 g/mol. The van der Waals surface area contributed by atoms with E-state index in [0.29, 0.717) is 24.8 Å². The molecule has 2 heterocycles. The Morgan fingerprint density at radius 1 is 1.13 bits per heavy atom. The Labute approximate surface area is 219 Å². The summed E-state index contributed by atoms with van der Waals surface area (Å²) in [6.07, 6.45) is 4.04. The van der Waals surface area contributed by atoms with Gasteiger partial charge in [0.1, 0.15) is 11.4 Å². The fourth-order valence-electron chi connectivity index (χ4n) is 4.27. The van der Waals surface area contributed by atoms with Crippen LogP contribution in [0.15, 0.2) is 79.1 Å². The first-order chi connectivity index (χ1) is 18.5. The monoisotopic (exact) mass is 518 g/mol. The third-order valence-corrected chi connectivity index (χ3v) is 6.48. The number of pyridine rings is 1. The van der Waals surface area contributed by atoms with Crippen LogP contribution in [0.2, 0.25) is 0 Å². The summed E-state index contributed by atoms with van der Waals surface area (Å²) in [5, 5.41) is 2.70. The molecule has 1 amide bonds. The molecule has 2 aliphatic rings. The summed E-state index contributed by atoms with van der Waals surface area (Å²) >= 11 is 0. The van der Waals surface area contributed by atoms with Crippen molar-refractivity contribution in [2.24, 2.45) is 0 Å². The molecular formula is C29H27FN2O6. The van der Waals surface area contributed by atoms with E-state index in [-0.39, 0.29) is 42.1 Å². The number of ether oxygens (including phenoxy) is 4. The summed E-state index contributed by atoms with van der Waals surface area (Å²) in [4.78, 5) is 29.4. The molecule has 0 radical (unpaired) electrons. The third-order valence-electron chi connectivity index (χ3n) is 6.48. The van der Waals surface area contributed by atoms with Gasteiger partial charge in [-0.25, -0.2) is 9.37 Å². The Balaban J connectivity index is 1.19. The van der Waals surface area contributed by atoms with E-state index in [2.05, 4.69) is 10.3 Å². The topological polar surface area (TPSA) is 96.0 Å². The van der Waals surface area contributed by atoms with Crippen molar-refractivity contribution in [1.82, 2.24) is 10.3 Å². The maximum atomic E-state index is 14.9. The minimum atomic E-state index is -0.763. The normalized spacial score (nSPS) is 17.0. The van der Waals surface area contributed by atoms with Gasteiger partial charge in [0, 0.05) is 24.7 Å². The van der Waals surface area contributed by atoms with Crippen LogP contribution in [-0.2, 0) is 37.4 Å². The second-order valence-electron chi connectivity index (χ2n) is 9.06. The van der Waals surface area contributed by atoms with Gasteiger partial charge in [0.2, 0.25) is 12.2 Å². The van der Waals surface area contributed by atoms with Gasteiger partial charge in [0.05, 0.1) is 12.0 Å².